The van der Waals surface area contributed by atoms with Gasteiger partial charge < -0.3 is 10.2 Å². The summed E-state index contributed by atoms with van der Waals surface area (Å²) < 4.78 is 0. The molecule has 0 bridgehead atoms. The standard InChI is InChI=1S/C12H26N2/c1-4-12(5-2)14(3)10-11-7-6-8-13-9-11/h11-13H,4-10H2,1-3H3. The third-order valence-electron chi connectivity index (χ3n) is 3.51. The third-order valence-corrected chi connectivity index (χ3v) is 3.51. The molecule has 2 nitrogen and oxygen atoms in total. The molecule has 1 aliphatic rings. The molecule has 1 unspecified atom stereocenters. The van der Waals surface area contributed by atoms with Crippen molar-refractivity contribution in [1.82, 2.24) is 10.2 Å². The van der Waals surface area contributed by atoms with Crippen LogP contribution in [0.4, 0.5) is 0 Å². The zero-order valence-corrected chi connectivity index (χ0v) is 10.1. The van der Waals surface area contributed by atoms with Crippen LogP contribution in [0.3, 0.4) is 0 Å². The molecule has 0 spiro atoms. The molecule has 1 aliphatic heterocycles. The maximum atomic E-state index is 3.49. The van der Waals surface area contributed by atoms with Gasteiger partial charge in [0.2, 0.25) is 0 Å². The Bertz CT molecular complexity index is 137. The molecular formula is C12H26N2. The summed E-state index contributed by atoms with van der Waals surface area (Å²) in [5.41, 5.74) is 0. The van der Waals surface area contributed by atoms with Crippen LogP contribution >= 0.6 is 0 Å². The second-order valence-electron chi connectivity index (χ2n) is 4.62. The van der Waals surface area contributed by atoms with E-state index in [4.69, 9.17) is 0 Å². The van der Waals surface area contributed by atoms with Gasteiger partial charge in [-0.1, -0.05) is 13.8 Å². The summed E-state index contributed by atoms with van der Waals surface area (Å²) in [5.74, 6) is 0.884. The van der Waals surface area contributed by atoms with Gasteiger partial charge in [-0.2, -0.15) is 0 Å². The van der Waals surface area contributed by atoms with Crippen molar-refractivity contribution in [2.45, 2.75) is 45.6 Å². The molecular weight excluding hydrogens is 172 g/mol. The zero-order chi connectivity index (χ0) is 10.4. The predicted octanol–water partition coefficient (Wildman–Crippen LogP) is 2.11. The molecule has 14 heavy (non-hydrogen) atoms. The molecule has 1 rings (SSSR count). The minimum Gasteiger partial charge on any atom is -0.316 e. The van der Waals surface area contributed by atoms with Gasteiger partial charge in [0, 0.05) is 12.6 Å². The second-order valence-corrected chi connectivity index (χ2v) is 4.62. The smallest absolute Gasteiger partial charge is 0.00870 e. The van der Waals surface area contributed by atoms with Gasteiger partial charge in [0.1, 0.15) is 0 Å². The van der Waals surface area contributed by atoms with Crippen LogP contribution in [0.1, 0.15) is 39.5 Å². The second kappa shape index (κ2) is 6.41. The first-order valence-electron chi connectivity index (χ1n) is 6.18. The minimum absolute atomic E-state index is 0.789. The van der Waals surface area contributed by atoms with Crippen molar-refractivity contribution in [1.29, 1.82) is 0 Å². The van der Waals surface area contributed by atoms with Crippen molar-refractivity contribution in [2.75, 3.05) is 26.7 Å². The molecule has 1 heterocycles. The largest absolute Gasteiger partial charge is 0.316 e. The molecule has 0 aromatic rings. The molecule has 0 aliphatic carbocycles. The maximum Gasteiger partial charge on any atom is 0.00870 e. The Kier molecular flexibility index (Phi) is 5.49. The molecule has 0 aromatic carbocycles. The number of piperidine rings is 1. The van der Waals surface area contributed by atoms with E-state index >= 15 is 0 Å². The number of hydrogen-bond acceptors (Lipinski definition) is 2. The zero-order valence-electron chi connectivity index (χ0n) is 10.1. The van der Waals surface area contributed by atoms with Crippen molar-refractivity contribution < 1.29 is 0 Å². The highest BCUT2D eigenvalue weighted by molar-refractivity contribution is 4.74. The first-order valence-corrected chi connectivity index (χ1v) is 6.18. The minimum atomic E-state index is 0.789. The van der Waals surface area contributed by atoms with E-state index in [9.17, 15) is 0 Å². The Morgan fingerprint density at radius 1 is 1.36 bits per heavy atom. The molecule has 0 saturated carbocycles. The molecule has 0 aromatic heterocycles. The van der Waals surface area contributed by atoms with Gasteiger partial charge in [-0.15, -0.1) is 0 Å². The van der Waals surface area contributed by atoms with E-state index in [2.05, 4.69) is 31.1 Å². The molecule has 84 valence electrons. The highest BCUT2D eigenvalue weighted by Crippen LogP contribution is 2.14. The Morgan fingerprint density at radius 2 is 2.07 bits per heavy atom. The normalized spacial score (nSPS) is 23.4. The van der Waals surface area contributed by atoms with Gasteiger partial charge in [-0.3, -0.25) is 0 Å². The first-order chi connectivity index (χ1) is 6.77. The summed E-state index contributed by atoms with van der Waals surface area (Å²) in [4.78, 5) is 2.55. The van der Waals surface area contributed by atoms with Crippen molar-refractivity contribution in [3.05, 3.63) is 0 Å². The lowest BCUT2D eigenvalue weighted by Crippen LogP contribution is -2.40. The average Bonchev–Trinajstić information content (AvgIpc) is 2.21. The summed E-state index contributed by atoms with van der Waals surface area (Å²) in [6.07, 6.45) is 5.35. The third kappa shape index (κ3) is 3.58. The summed E-state index contributed by atoms with van der Waals surface area (Å²) in [6.45, 7) is 8.32. The maximum absolute atomic E-state index is 3.49. The number of nitrogens with zero attached hydrogens (tertiary/aromatic N) is 1. The molecule has 1 N–H and O–H groups in total. The van der Waals surface area contributed by atoms with E-state index in [-0.39, 0.29) is 0 Å². The highest BCUT2D eigenvalue weighted by Gasteiger charge is 2.18. The fourth-order valence-corrected chi connectivity index (χ4v) is 2.55. The van der Waals surface area contributed by atoms with Crippen LogP contribution in [0, 0.1) is 5.92 Å². The molecule has 1 saturated heterocycles. The van der Waals surface area contributed by atoms with Crippen LogP contribution in [0.25, 0.3) is 0 Å². The van der Waals surface area contributed by atoms with Gasteiger partial charge in [0.15, 0.2) is 0 Å². The van der Waals surface area contributed by atoms with Crippen molar-refractivity contribution in [3.63, 3.8) is 0 Å². The van der Waals surface area contributed by atoms with Gasteiger partial charge in [0.05, 0.1) is 0 Å². The van der Waals surface area contributed by atoms with Crippen LogP contribution in [0.5, 0.6) is 0 Å². The molecule has 2 heteroatoms. The quantitative estimate of drug-likeness (QED) is 0.728. The van der Waals surface area contributed by atoms with Crippen LogP contribution in [0.2, 0.25) is 0 Å². The molecule has 0 radical (unpaired) electrons. The van der Waals surface area contributed by atoms with Crippen LogP contribution < -0.4 is 5.32 Å². The Morgan fingerprint density at radius 3 is 2.57 bits per heavy atom. The van der Waals surface area contributed by atoms with Crippen LogP contribution in [-0.4, -0.2) is 37.6 Å². The number of rotatable bonds is 5. The number of hydrogen-bond donors (Lipinski definition) is 1. The highest BCUT2D eigenvalue weighted by atomic mass is 15.1. The first kappa shape index (κ1) is 12.0. The van der Waals surface area contributed by atoms with Gasteiger partial charge in [-0.25, -0.2) is 0 Å². The van der Waals surface area contributed by atoms with Crippen molar-refractivity contribution in [2.24, 2.45) is 5.92 Å². The van der Waals surface area contributed by atoms with Crippen molar-refractivity contribution in [3.8, 4) is 0 Å². The molecule has 1 fully saturated rings. The number of nitrogens with one attached hydrogen (secondary N) is 1. The van der Waals surface area contributed by atoms with E-state index in [0.717, 1.165) is 12.0 Å². The van der Waals surface area contributed by atoms with E-state index < -0.39 is 0 Å². The fraction of sp³-hybridized carbons (Fsp3) is 1.00. The Labute approximate surface area is 89.1 Å². The van der Waals surface area contributed by atoms with E-state index in [1.165, 1.54) is 45.3 Å². The fourth-order valence-electron chi connectivity index (χ4n) is 2.55. The van der Waals surface area contributed by atoms with Crippen LogP contribution in [0.15, 0.2) is 0 Å². The van der Waals surface area contributed by atoms with E-state index in [1.54, 1.807) is 0 Å². The van der Waals surface area contributed by atoms with E-state index in [0.29, 0.717) is 0 Å². The van der Waals surface area contributed by atoms with Gasteiger partial charge in [-0.05, 0) is 51.7 Å². The average molecular weight is 198 g/mol. The van der Waals surface area contributed by atoms with Crippen LogP contribution in [-0.2, 0) is 0 Å². The topological polar surface area (TPSA) is 15.3 Å². The molecule has 0 amide bonds. The monoisotopic (exact) mass is 198 g/mol. The summed E-state index contributed by atoms with van der Waals surface area (Å²) in [5, 5.41) is 3.49. The lowest BCUT2D eigenvalue weighted by molar-refractivity contribution is 0.180. The Hall–Kier alpha value is -0.0800. The summed E-state index contributed by atoms with van der Waals surface area (Å²) in [7, 11) is 2.28. The lowest BCUT2D eigenvalue weighted by atomic mass is 9.98. The Balaban J connectivity index is 2.26. The van der Waals surface area contributed by atoms with Gasteiger partial charge >= 0.3 is 0 Å². The van der Waals surface area contributed by atoms with Crippen molar-refractivity contribution >= 4 is 0 Å². The van der Waals surface area contributed by atoms with Gasteiger partial charge in [0.25, 0.3) is 0 Å². The molecule has 1 atom stereocenters. The SMILES string of the molecule is CCC(CC)N(C)CC1CCCNC1. The summed E-state index contributed by atoms with van der Waals surface area (Å²) >= 11 is 0. The lowest BCUT2D eigenvalue weighted by Gasteiger charge is -2.32. The summed E-state index contributed by atoms with van der Waals surface area (Å²) in [6, 6.07) is 0.789. The predicted molar refractivity (Wildman–Crippen MR) is 62.6 cm³/mol. The van der Waals surface area contributed by atoms with E-state index in [1.807, 2.05) is 0 Å².